The lowest BCUT2D eigenvalue weighted by Gasteiger charge is -2.12. The summed E-state index contributed by atoms with van der Waals surface area (Å²) in [5, 5.41) is 7.04. The standard InChI is InChI=1S/C20H21ClIN3O4/c1-3-29-20-15(22)10-13(11-17(20)28-2)12-23-25-19(27)9-8-18(26)24-16-7-5-4-6-14(16)21/h4-7,10-12H,3,8-9H2,1-2H3,(H,24,26)(H,25,27). The monoisotopic (exact) mass is 529 g/mol. The van der Waals surface area contributed by atoms with Gasteiger partial charge in [-0.05, 0) is 59.3 Å². The minimum atomic E-state index is -0.372. The van der Waals surface area contributed by atoms with Gasteiger partial charge in [-0.1, -0.05) is 23.7 Å². The van der Waals surface area contributed by atoms with Crippen LogP contribution in [0.2, 0.25) is 5.02 Å². The second-order valence-electron chi connectivity index (χ2n) is 5.79. The molecular weight excluding hydrogens is 509 g/mol. The predicted molar refractivity (Wildman–Crippen MR) is 122 cm³/mol. The Kier molecular flexibility index (Phi) is 9.20. The molecule has 0 spiro atoms. The maximum Gasteiger partial charge on any atom is 0.240 e. The van der Waals surface area contributed by atoms with Crippen LogP contribution in [-0.2, 0) is 9.59 Å². The molecule has 2 aromatic rings. The molecule has 0 aromatic heterocycles. The van der Waals surface area contributed by atoms with Crippen LogP contribution in [0.1, 0.15) is 25.3 Å². The largest absolute Gasteiger partial charge is 0.493 e. The zero-order valence-corrected chi connectivity index (χ0v) is 18.9. The smallest absolute Gasteiger partial charge is 0.240 e. The number of hydrazone groups is 1. The molecule has 2 N–H and O–H groups in total. The van der Waals surface area contributed by atoms with E-state index in [0.29, 0.717) is 28.8 Å². The molecule has 2 amide bonds. The van der Waals surface area contributed by atoms with Crippen molar-refractivity contribution in [1.82, 2.24) is 5.43 Å². The van der Waals surface area contributed by atoms with Gasteiger partial charge in [-0.25, -0.2) is 5.43 Å². The number of ether oxygens (including phenoxy) is 2. The molecule has 9 heteroatoms. The number of nitrogens with zero attached hydrogens (tertiary/aromatic N) is 1. The summed E-state index contributed by atoms with van der Waals surface area (Å²) in [7, 11) is 1.56. The fraction of sp³-hybridized carbons (Fsp3) is 0.250. The zero-order chi connectivity index (χ0) is 21.2. The van der Waals surface area contributed by atoms with Crippen LogP contribution in [0.15, 0.2) is 41.5 Å². The molecule has 0 atom stereocenters. The van der Waals surface area contributed by atoms with E-state index in [1.165, 1.54) is 6.21 Å². The minimum Gasteiger partial charge on any atom is -0.493 e. The van der Waals surface area contributed by atoms with Crippen LogP contribution in [0.3, 0.4) is 0 Å². The van der Waals surface area contributed by atoms with E-state index in [1.807, 2.05) is 13.0 Å². The number of amides is 2. The number of hydrogen-bond acceptors (Lipinski definition) is 5. The highest BCUT2D eigenvalue weighted by Gasteiger charge is 2.11. The number of carbonyl (C=O) groups is 2. The van der Waals surface area contributed by atoms with Crippen molar-refractivity contribution in [1.29, 1.82) is 0 Å². The average Bonchev–Trinajstić information content (AvgIpc) is 2.70. The Hall–Kier alpha value is -2.33. The number of halogens is 2. The van der Waals surface area contributed by atoms with Crippen molar-refractivity contribution < 1.29 is 19.1 Å². The first kappa shape index (κ1) is 23.0. The van der Waals surface area contributed by atoms with Crippen LogP contribution in [0.25, 0.3) is 0 Å². The van der Waals surface area contributed by atoms with E-state index in [1.54, 1.807) is 37.4 Å². The van der Waals surface area contributed by atoms with E-state index in [2.05, 4.69) is 38.4 Å². The molecule has 0 radical (unpaired) electrons. The number of carbonyl (C=O) groups excluding carboxylic acids is 2. The van der Waals surface area contributed by atoms with Gasteiger partial charge in [0.1, 0.15) is 0 Å². The predicted octanol–water partition coefficient (Wildman–Crippen LogP) is 4.22. The Morgan fingerprint density at radius 2 is 1.93 bits per heavy atom. The number of anilines is 1. The van der Waals surface area contributed by atoms with E-state index in [9.17, 15) is 9.59 Å². The van der Waals surface area contributed by atoms with Crippen molar-refractivity contribution in [2.24, 2.45) is 5.10 Å². The lowest BCUT2D eigenvalue weighted by atomic mass is 10.2. The maximum absolute atomic E-state index is 11.9. The SMILES string of the molecule is CCOc1c(I)cc(C=NNC(=O)CCC(=O)Nc2ccccc2Cl)cc1OC. The molecule has 7 nitrogen and oxygen atoms in total. The Labute approximate surface area is 187 Å². The Bertz CT molecular complexity index is 905. The second-order valence-corrected chi connectivity index (χ2v) is 7.36. The number of rotatable bonds is 9. The highest BCUT2D eigenvalue weighted by Crippen LogP contribution is 2.33. The maximum atomic E-state index is 11.9. The summed E-state index contributed by atoms with van der Waals surface area (Å²) in [6.45, 7) is 2.43. The van der Waals surface area contributed by atoms with Gasteiger partial charge in [0, 0.05) is 12.8 Å². The van der Waals surface area contributed by atoms with Crippen molar-refractivity contribution in [3.05, 3.63) is 50.6 Å². The summed E-state index contributed by atoms with van der Waals surface area (Å²) >= 11 is 8.13. The summed E-state index contributed by atoms with van der Waals surface area (Å²) < 4.78 is 11.8. The molecule has 154 valence electrons. The molecule has 0 aliphatic rings. The lowest BCUT2D eigenvalue weighted by molar-refractivity contribution is -0.124. The molecule has 2 rings (SSSR count). The van der Waals surface area contributed by atoms with Gasteiger partial charge in [0.25, 0.3) is 0 Å². The van der Waals surface area contributed by atoms with E-state index >= 15 is 0 Å². The summed E-state index contributed by atoms with van der Waals surface area (Å²) in [5.41, 5.74) is 3.66. The van der Waals surface area contributed by atoms with Crippen molar-refractivity contribution in [2.45, 2.75) is 19.8 Å². The molecule has 0 saturated heterocycles. The molecule has 0 bridgehead atoms. The molecule has 29 heavy (non-hydrogen) atoms. The first-order valence-corrected chi connectivity index (χ1v) is 10.3. The van der Waals surface area contributed by atoms with Crippen LogP contribution < -0.4 is 20.2 Å². The zero-order valence-electron chi connectivity index (χ0n) is 16.0. The van der Waals surface area contributed by atoms with Gasteiger partial charge in [-0.3, -0.25) is 9.59 Å². The summed E-state index contributed by atoms with van der Waals surface area (Å²) in [5.74, 6) is 0.579. The fourth-order valence-electron chi connectivity index (χ4n) is 2.34. The molecule has 0 aliphatic heterocycles. The van der Waals surface area contributed by atoms with Crippen LogP contribution >= 0.6 is 34.2 Å². The second kappa shape index (κ2) is 11.6. The van der Waals surface area contributed by atoms with Crippen molar-refractivity contribution in [3.8, 4) is 11.5 Å². The first-order chi connectivity index (χ1) is 13.9. The Morgan fingerprint density at radius 1 is 1.21 bits per heavy atom. The third-order valence-electron chi connectivity index (χ3n) is 3.67. The number of methoxy groups -OCH3 is 1. The number of para-hydroxylation sites is 1. The van der Waals surface area contributed by atoms with Crippen molar-refractivity contribution >= 4 is 57.9 Å². The van der Waals surface area contributed by atoms with E-state index in [0.717, 1.165) is 9.13 Å². The molecule has 0 heterocycles. The third-order valence-corrected chi connectivity index (χ3v) is 4.80. The van der Waals surface area contributed by atoms with Gasteiger partial charge in [-0.2, -0.15) is 5.10 Å². The molecule has 0 fully saturated rings. The van der Waals surface area contributed by atoms with Crippen molar-refractivity contribution in [2.75, 3.05) is 19.0 Å². The molecule has 0 saturated carbocycles. The summed E-state index contributed by atoms with van der Waals surface area (Å²) in [6, 6.07) is 10.5. The van der Waals surface area contributed by atoms with Gasteiger partial charge in [-0.15, -0.1) is 0 Å². The lowest BCUT2D eigenvalue weighted by Crippen LogP contribution is -2.20. The fourth-order valence-corrected chi connectivity index (χ4v) is 3.30. The minimum absolute atomic E-state index is 0.00222. The van der Waals surface area contributed by atoms with Crippen LogP contribution in [-0.4, -0.2) is 31.7 Å². The highest BCUT2D eigenvalue weighted by molar-refractivity contribution is 14.1. The van der Waals surface area contributed by atoms with E-state index in [-0.39, 0.29) is 24.7 Å². The van der Waals surface area contributed by atoms with Crippen LogP contribution in [0, 0.1) is 3.57 Å². The molecular formula is C20H21ClIN3O4. The van der Waals surface area contributed by atoms with Gasteiger partial charge in [0.05, 0.1) is 34.2 Å². The molecule has 0 unspecified atom stereocenters. The van der Waals surface area contributed by atoms with Gasteiger partial charge >= 0.3 is 0 Å². The third kappa shape index (κ3) is 7.21. The van der Waals surface area contributed by atoms with Crippen LogP contribution in [0.4, 0.5) is 5.69 Å². The van der Waals surface area contributed by atoms with Gasteiger partial charge in [0.2, 0.25) is 11.8 Å². The Balaban J connectivity index is 1.85. The summed E-state index contributed by atoms with van der Waals surface area (Å²) in [4.78, 5) is 23.9. The van der Waals surface area contributed by atoms with E-state index < -0.39 is 0 Å². The topological polar surface area (TPSA) is 89.0 Å². The number of benzene rings is 2. The average molecular weight is 530 g/mol. The van der Waals surface area contributed by atoms with Gasteiger partial charge < -0.3 is 14.8 Å². The molecule has 0 aliphatic carbocycles. The van der Waals surface area contributed by atoms with Gasteiger partial charge in [0.15, 0.2) is 11.5 Å². The highest BCUT2D eigenvalue weighted by atomic mass is 127. The summed E-state index contributed by atoms with van der Waals surface area (Å²) in [6.07, 6.45) is 1.52. The Morgan fingerprint density at radius 3 is 2.62 bits per heavy atom. The first-order valence-electron chi connectivity index (χ1n) is 8.81. The van der Waals surface area contributed by atoms with E-state index in [4.69, 9.17) is 21.1 Å². The number of nitrogens with one attached hydrogen (secondary N) is 2. The van der Waals surface area contributed by atoms with Crippen LogP contribution in [0.5, 0.6) is 11.5 Å². The normalized spacial score (nSPS) is 10.6. The molecule has 2 aromatic carbocycles. The van der Waals surface area contributed by atoms with Crippen molar-refractivity contribution in [3.63, 3.8) is 0 Å². The number of hydrogen-bond donors (Lipinski definition) is 2. The quantitative estimate of drug-likeness (QED) is 0.289.